The third kappa shape index (κ3) is 2.69. The first-order chi connectivity index (χ1) is 11.1. The first-order valence-corrected chi connectivity index (χ1v) is 8.61. The van der Waals surface area contributed by atoms with E-state index in [4.69, 9.17) is 5.21 Å². The Morgan fingerprint density at radius 1 is 1.09 bits per heavy atom. The number of para-hydroxylation sites is 1. The summed E-state index contributed by atoms with van der Waals surface area (Å²) in [5, 5.41) is 8.66. The summed E-state index contributed by atoms with van der Waals surface area (Å²) in [5.41, 5.74) is 2.80. The summed E-state index contributed by atoms with van der Waals surface area (Å²) in [5.74, 6) is -0.542. The lowest BCUT2D eigenvalue weighted by atomic mass is 10.0. The topological polar surface area (TPSA) is 86.7 Å². The molecule has 23 heavy (non-hydrogen) atoms. The van der Waals surface area contributed by atoms with Crippen LogP contribution in [0.5, 0.6) is 0 Å². The van der Waals surface area contributed by atoms with E-state index in [1.54, 1.807) is 54.0 Å². The molecular weight excluding hydrogens is 316 g/mol. The molecule has 1 heterocycles. The Morgan fingerprint density at radius 2 is 1.74 bits per heavy atom. The summed E-state index contributed by atoms with van der Waals surface area (Å²) in [4.78, 5) is 11.6. The smallest absolute Gasteiger partial charge is 0.265 e. The van der Waals surface area contributed by atoms with Crippen LogP contribution in [-0.2, 0) is 14.8 Å². The van der Waals surface area contributed by atoms with Gasteiger partial charge < -0.3 is 0 Å². The number of nitrogens with zero attached hydrogens (tertiary/aromatic N) is 1. The zero-order valence-corrected chi connectivity index (χ0v) is 13.0. The van der Waals surface area contributed by atoms with E-state index in [1.807, 2.05) is 6.07 Å². The highest BCUT2D eigenvalue weighted by Gasteiger charge is 2.42. The average Bonchev–Trinajstić information content (AvgIpc) is 2.81. The summed E-state index contributed by atoms with van der Waals surface area (Å²) in [6.07, 6.45) is 0.298. The van der Waals surface area contributed by atoms with Crippen LogP contribution < -0.4 is 9.79 Å². The van der Waals surface area contributed by atoms with Gasteiger partial charge in [-0.25, -0.2) is 13.9 Å². The van der Waals surface area contributed by atoms with Crippen LogP contribution in [0.1, 0.15) is 24.4 Å². The standard InChI is InChI=1S/C16H16N2O4S/c19-16(17-20)11-10-14-13-8-4-5-9-15(13)23(21,22)18(14)12-6-2-1-3-7-12/h1-9,14,20H,10-11H2,(H,17,19). The highest BCUT2D eigenvalue weighted by molar-refractivity contribution is 7.93. The number of fused-ring (bicyclic) bond motifs is 1. The number of benzene rings is 2. The molecule has 2 N–H and O–H groups in total. The first kappa shape index (κ1) is 15.5. The van der Waals surface area contributed by atoms with Crippen molar-refractivity contribution in [1.82, 2.24) is 5.48 Å². The van der Waals surface area contributed by atoms with Crippen LogP contribution in [0.25, 0.3) is 0 Å². The van der Waals surface area contributed by atoms with Crippen LogP contribution in [-0.4, -0.2) is 19.5 Å². The van der Waals surface area contributed by atoms with E-state index in [9.17, 15) is 13.2 Å². The summed E-state index contributed by atoms with van der Waals surface area (Å²) in [6.45, 7) is 0. The van der Waals surface area contributed by atoms with Gasteiger partial charge in [-0.3, -0.25) is 14.3 Å². The Labute approximate surface area is 134 Å². The van der Waals surface area contributed by atoms with E-state index in [1.165, 1.54) is 4.31 Å². The second-order valence-electron chi connectivity index (χ2n) is 5.26. The SMILES string of the molecule is O=C(CCC1c2ccccc2S(=O)(=O)N1c1ccccc1)NO. The van der Waals surface area contributed by atoms with Crippen molar-refractivity contribution in [3.05, 3.63) is 60.2 Å². The second kappa shape index (κ2) is 6.02. The fourth-order valence-electron chi connectivity index (χ4n) is 2.88. The maximum atomic E-state index is 12.9. The Kier molecular flexibility index (Phi) is 4.06. The quantitative estimate of drug-likeness (QED) is 0.664. The van der Waals surface area contributed by atoms with E-state index in [2.05, 4.69) is 0 Å². The second-order valence-corrected chi connectivity index (χ2v) is 7.05. The van der Waals surface area contributed by atoms with Crippen molar-refractivity contribution in [2.24, 2.45) is 0 Å². The van der Waals surface area contributed by atoms with Gasteiger partial charge in [0.1, 0.15) is 0 Å². The molecule has 3 rings (SSSR count). The maximum absolute atomic E-state index is 12.9. The number of nitrogens with one attached hydrogen (secondary N) is 1. The van der Waals surface area contributed by atoms with Crippen molar-refractivity contribution in [2.45, 2.75) is 23.8 Å². The third-order valence-electron chi connectivity index (χ3n) is 3.88. The Balaban J connectivity index is 2.06. The van der Waals surface area contributed by atoms with Crippen LogP contribution in [0, 0.1) is 0 Å². The number of hydrogen-bond acceptors (Lipinski definition) is 4. The molecule has 0 bridgehead atoms. The zero-order chi connectivity index (χ0) is 16.4. The molecule has 0 aliphatic carbocycles. The van der Waals surface area contributed by atoms with Crippen molar-refractivity contribution in [3.8, 4) is 0 Å². The van der Waals surface area contributed by atoms with Crippen molar-refractivity contribution >= 4 is 21.6 Å². The van der Waals surface area contributed by atoms with Gasteiger partial charge in [-0.1, -0.05) is 36.4 Å². The number of carbonyl (C=O) groups excluding carboxylic acids is 1. The Morgan fingerprint density at radius 3 is 2.43 bits per heavy atom. The normalized spacial score (nSPS) is 18.5. The van der Waals surface area contributed by atoms with Crippen LogP contribution >= 0.6 is 0 Å². The minimum absolute atomic E-state index is 0.0222. The molecule has 0 aromatic heterocycles. The number of amides is 1. The van der Waals surface area contributed by atoms with Gasteiger partial charge in [-0.05, 0) is 30.2 Å². The zero-order valence-electron chi connectivity index (χ0n) is 12.2. The van der Waals surface area contributed by atoms with Gasteiger partial charge in [0.2, 0.25) is 5.91 Å². The number of sulfonamides is 1. The van der Waals surface area contributed by atoms with Gasteiger partial charge in [-0.2, -0.15) is 0 Å². The molecule has 0 saturated heterocycles. The number of hydroxylamine groups is 1. The number of carbonyl (C=O) groups is 1. The number of anilines is 1. The van der Waals surface area contributed by atoms with E-state index in [-0.39, 0.29) is 17.7 Å². The predicted molar refractivity (Wildman–Crippen MR) is 84.5 cm³/mol. The van der Waals surface area contributed by atoms with Crippen molar-refractivity contribution in [1.29, 1.82) is 0 Å². The summed E-state index contributed by atoms with van der Waals surface area (Å²) < 4.78 is 27.1. The highest BCUT2D eigenvalue weighted by Crippen LogP contribution is 2.44. The molecule has 7 heteroatoms. The minimum Gasteiger partial charge on any atom is -0.289 e. The van der Waals surface area contributed by atoms with Gasteiger partial charge in [0.05, 0.1) is 16.6 Å². The summed E-state index contributed by atoms with van der Waals surface area (Å²) in [6, 6.07) is 15.1. The van der Waals surface area contributed by atoms with Crippen LogP contribution in [0.4, 0.5) is 5.69 Å². The summed E-state index contributed by atoms with van der Waals surface area (Å²) >= 11 is 0. The lowest BCUT2D eigenvalue weighted by Gasteiger charge is -2.25. The maximum Gasteiger partial charge on any atom is 0.265 e. The molecule has 0 saturated carbocycles. The first-order valence-electron chi connectivity index (χ1n) is 7.17. The lowest BCUT2D eigenvalue weighted by Crippen LogP contribution is -2.29. The van der Waals surface area contributed by atoms with Crippen molar-refractivity contribution in [2.75, 3.05) is 4.31 Å². The lowest BCUT2D eigenvalue weighted by molar-refractivity contribution is -0.129. The molecule has 0 fully saturated rings. The molecule has 0 radical (unpaired) electrons. The predicted octanol–water partition coefficient (Wildman–Crippen LogP) is 2.22. The molecular formula is C16H16N2O4S. The van der Waals surface area contributed by atoms with Gasteiger partial charge in [0.15, 0.2) is 0 Å². The van der Waals surface area contributed by atoms with Gasteiger partial charge in [0.25, 0.3) is 10.0 Å². The van der Waals surface area contributed by atoms with Crippen molar-refractivity contribution in [3.63, 3.8) is 0 Å². The number of hydrogen-bond donors (Lipinski definition) is 2. The molecule has 120 valence electrons. The fourth-order valence-corrected chi connectivity index (χ4v) is 4.80. The van der Waals surface area contributed by atoms with Crippen LogP contribution in [0.2, 0.25) is 0 Å². The van der Waals surface area contributed by atoms with Crippen LogP contribution in [0.15, 0.2) is 59.5 Å². The van der Waals surface area contributed by atoms with Gasteiger partial charge in [-0.15, -0.1) is 0 Å². The number of rotatable bonds is 4. The molecule has 6 nitrogen and oxygen atoms in total. The van der Waals surface area contributed by atoms with E-state index in [0.29, 0.717) is 11.3 Å². The molecule has 1 aliphatic heterocycles. The van der Waals surface area contributed by atoms with Crippen LogP contribution in [0.3, 0.4) is 0 Å². The summed E-state index contributed by atoms with van der Waals surface area (Å²) in [7, 11) is -3.66. The highest BCUT2D eigenvalue weighted by atomic mass is 32.2. The minimum atomic E-state index is -3.66. The van der Waals surface area contributed by atoms with E-state index in [0.717, 1.165) is 0 Å². The Hall–Kier alpha value is -2.38. The molecule has 2 aromatic rings. The monoisotopic (exact) mass is 332 g/mol. The molecule has 0 spiro atoms. The van der Waals surface area contributed by atoms with Gasteiger partial charge >= 0.3 is 0 Å². The fraction of sp³-hybridized carbons (Fsp3) is 0.188. The largest absolute Gasteiger partial charge is 0.289 e. The third-order valence-corrected chi connectivity index (χ3v) is 5.79. The molecule has 1 unspecified atom stereocenters. The van der Waals surface area contributed by atoms with Gasteiger partial charge in [0, 0.05) is 6.42 Å². The molecule has 1 aliphatic rings. The van der Waals surface area contributed by atoms with E-state index >= 15 is 0 Å². The van der Waals surface area contributed by atoms with E-state index < -0.39 is 22.0 Å². The molecule has 1 atom stereocenters. The molecule has 2 aromatic carbocycles. The average molecular weight is 332 g/mol. The van der Waals surface area contributed by atoms with Crippen molar-refractivity contribution < 1.29 is 18.4 Å². The Bertz CT molecular complexity index is 821. The molecule has 1 amide bonds.